The monoisotopic (exact) mass is 275 g/mol. The van der Waals surface area contributed by atoms with Crippen LogP contribution in [0, 0.1) is 18.6 Å². The van der Waals surface area contributed by atoms with Crippen molar-refractivity contribution in [3.63, 3.8) is 0 Å². The van der Waals surface area contributed by atoms with Crippen molar-refractivity contribution in [2.45, 2.75) is 19.4 Å². The largest absolute Gasteiger partial charge is 0.488 e. The molecule has 0 saturated heterocycles. The first kappa shape index (κ1) is 13.1. The Balaban J connectivity index is 2.13. The third kappa shape index (κ3) is 2.16. The first-order valence-electron chi connectivity index (χ1n) is 6.54. The summed E-state index contributed by atoms with van der Waals surface area (Å²) in [6, 6.07) is 7.62. The first-order valence-corrected chi connectivity index (χ1v) is 6.54. The molecule has 4 heteroatoms. The van der Waals surface area contributed by atoms with Crippen molar-refractivity contribution in [2.75, 3.05) is 6.54 Å². The standard InChI is InChI=1S/C16H15F2NO/c1-9-4-10(2-3-15(9)18)14-7-12(17)5-11-6-13(8-19)20-16(11)14/h2-5,7,13H,6,8,19H2,1H3. The highest BCUT2D eigenvalue weighted by atomic mass is 19.1. The van der Waals surface area contributed by atoms with Crippen LogP contribution in [0.3, 0.4) is 0 Å². The fourth-order valence-electron chi connectivity index (χ4n) is 2.55. The molecule has 2 N–H and O–H groups in total. The Morgan fingerprint density at radius 2 is 2.05 bits per heavy atom. The average Bonchev–Trinajstić information content (AvgIpc) is 2.83. The smallest absolute Gasteiger partial charge is 0.131 e. The van der Waals surface area contributed by atoms with Crippen molar-refractivity contribution in [2.24, 2.45) is 5.73 Å². The highest BCUT2D eigenvalue weighted by Gasteiger charge is 2.26. The van der Waals surface area contributed by atoms with Crippen LogP contribution < -0.4 is 10.5 Å². The van der Waals surface area contributed by atoms with E-state index in [4.69, 9.17) is 10.5 Å². The quantitative estimate of drug-likeness (QED) is 0.913. The van der Waals surface area contributed by atoms with Gasteiger partial charge in [0, 0.05) is 24.1 Å². The van der Waals surface area contributed by atoms with Gasteiger partial charge in [0.05, 0.1) is 0 Å². The maximum Gasteiger partial charge on any atom is 0.131 e. The second kappa shape index (κ2) is 4.87. The highest BCUT2D eigenvalue weighted by molar-refractivity contribution is 5.73. The molecule has 2 aromatic rings. The molecule has 104 valence electrons. The molecule has 1 aliphatic heterocycles. The van der Waals surface area contributed by atoms with Crippen molar-refractivity contribution in [3.05, 3.63) is 53.1 Å². The van der Waals surface area contributed by atoms with E-state index >= 15 is 0 Å². The van der Waals surface area contributed by atoms with E-state index in [-0.39, 0.29) is 17.7 Å². The number of aryl methyl sites for hydroxylation is 1. The van der Waals surface area contributed by atoms with Crippen LogP contribution in [-0.2, 0) is 6.42 Å². The van der Waals surface area contributed by atoms with Gasteiger partial charge in [0.15, 0.2) is 0 Å². The van der Waals surface area contributed by atoms with Crippen molar-refractivity contribution in [1.29, 1.82) is 0 Å². The molecule has 1 atom stereocenters. The van der Waals surface area contributed by atoms with E-state index in [0.717, 1.165) is 11.1 Å². The Morgan fingerprint density at radius 3 is 2.75 bits per heavy atom. The maximum absolute atomic E-state index is 13.8. The summed E-state index contributed by atoms with van der Waals surface area (Å²) in [6.07, 6.45) is 0.489. The average molecular weight is 275 g/mol. The normalized spacial score (nSPS) is 16.9. The molecule has 0 radical (unpaired) electrons. The minimum Gasteiger partial charge on any atom is -0.488 e. The lowest BCUT2D eigenvalue weighted by Gasteiger charge is -2.12. The van der Waals surface area contributed by atoms with Gasteiger partial charge in [0.1, 0.15) is 23.5 Å². The van der Waals surface area contributed by atoms with Crippen molar-refractivity contribution < 1.29 is 13.5 Å². The summed E-state index contributed by atoms with van der Waals surface area (Å²) >= 11 is 0. The summed E-state index contributed by atoms with van der Waals surface area (Å²) in [5.74, 6) is 0.0670. The van der Waals surface area contributed by atoms with Gasteiger partial charge >= 0.3 is 0 Å². The van der Waals surface area contributed by atoms with E-state index < -0.39 is 0 Å². The maximum atomic E-state index is 13.8. The molecule has 2 nitrogen and oxygen atoms in total. The lowest BCUT2D eigenvalue weighted by Crippen LogP contribution is -2.24. The van der Waals surface area contributed by atoms with Gasteiger partial charge in [-0.05, 0) is 42.3 Å². The van der Waals surface area contributed by atoms with Crippen LogP contribution in [0.25, 0.3) is 11.1 Å². The predicted octanol–water partition coefficient (Wildman–Crippen LogP) is 3.20. The van der Waals surface area contributed by atoms with Crippen LogP contribution in [0.4, 0.5) is 8.78 Å². The third-order valence-corrected chi connectivity index (χ3v) is 3.59. The Labute approximate surface area is 116 Å². The zero-order valence-electron chi connectivity index (χ0n) is 11.1. The molecule has 0 aliphatic carbocycles. The van der Waals surface area contributed by atoms with Gasteiger partial charge in [-0.3, -0.25) is 0 Å². The zero-order valence-corrected chi connectivity index (χ0v) is 11.1. The summed E-state index contributed by atoms with van der Waals surface area (Å²) < 4.78 is 32.9. The zero-order chi connectivity index (χ0) is 14.3. The molecular formula is C16H15F2NO. The Bertz CT molecular complexity index is 670. The minimum absolute atomic E-state index is 0.118. The SMILES string of the molecule is Cc1cc(-c2cc(F)cc3c2OC(CN)C3)ccc1F. The van der Waals surface area contributed by atoms with Crippen LogP contribution in [0.1, 0.15) is 11.1 Å². The molecule has 1 heterocycles. The molecule has 0 fully saturated rings. The fraction of sp³-hybridized carbons (Fsp3) is 0.250. The van der Waals surface area contributed by atoms with Crippen LogP contribution >= 0.6 is 0 Å². The fourth-order valence-corrected chi connectivity index (χ4v) is 2.55. The molecule has 0 spiro atoms. The summed E-state index contributed by atoms with van der Waals surface area (Å²) in [7, 11) is 0. The lowest BCUT2D eigenvalue weighted by molar-refractivity contribution is 0.242. The van der Waals surface area contributed by atoms with Gasteiger partial charge in [-0.2, -0.15) is 0 Å². The number of nitrogens with two attached hydrogens (primary N) is 1. The van der Waals surface area contributed by atoms with Crippen LogP contribution in [-0.4, -0.2) is 12.6 Å². The van der Waals surface area contributed by atoms with E-state index in [1.807, 2.05) is 0 Å². The number of ether oxygens (including phenoxy) is 1. The van der Waals surface area contributed by atoms with Gasteiger partial charge in [-0.25, -0.2) is 8.78 Å². The minimum atomic E-state index is -0.318. The molecule has 2 aromatic carbocycles. The molecule has 0 amide bonds. The second-order valence-corrected chi connectivity index (χ2v) is 5.09. The van der Waals surface area contributed by atoms with Gasteiger partial charge in [-0.15, -0.1) is 0 Å². The Hall–Kier alpha value is -1.94. The Kier molecular flexibility index (Phi) is 3.18. The van der Waals surface area contributed by atoms with Gasteiger partial charge < -0.3 is 10.5 Å². The summed E-state index contributed by atoms with van der Waals surface area (Å²) in [6.45, 7) is 2.07. The van der Waals surface area contributed by atoms with Gasteiger partial charge in [0.2, 0.25) is 0 Å². The van der Waals surface area contributed by atoms with Crippen molar-refractivity contribution in [3.8, 4) is 16.9 Å². The first-order chi connectivity index (χ1) is 9.58. The number of halogens is 2. The van der Waals surface area contributed by atoms with E-state index in [9.17, 15) is 8.78 Å². The molecular weight excluding hydrogens is 260 g/mol. The number of hydrogen-bond acceptors (Lipinski definition) is 2. The van der Waals surface area contributed by atoms with Gasteiger partial charge in [-0.1, -0.05) is 6.07 Å². The molecule has 0 saturated carbocycles. The Morgan fingerprint density at radius 1 is 1.25 bits per heavy atom. The molecule has 3 rings (SSSR count). The van der Waals surface area contributed by atoms with E-state index in [1.54, 1.807) is 19.1 Å². The summed E-state index contributed by atoms with van der Waals surface area (Å²) in [5, 5.41) is 0. The number of hydrogen-bond donors (Lipinski definition) is 1. The third-order valence-electron chi connectivity index (χ3n) is 3.59. The molecule has 20 heavy (non-hydrogen) atoms. The highest BCUT2D eigenvalue weighted by Crippen LogP contribution is 2.39. The van der Waals surface area contributed by atoms with Crippen LogP contribution in [0.15, 0.2) is 30.3 Å². The molecule has 1 unspecified atom stereocenters. The number of benzene rings is 2. The van der Waals surface area contributed by atoms with Crippen LogP contribution in [0.5, 0.6) is 5.75 Å². The molecule has 0 bridgehead atoms. The van der Waals surface area contributed by atoms with Crippen molar-refractivity contribution >= 4 is 0 Å². The molecule has 0 aromatic heterocycles. The molecule has 1 aliphatic rings. The second-order valence-electron chi connectivity index (χ2n) is 5.09. The van der Waals surface area contributed by atoms with E-state index in [2.05, 4.69) is 0 Å². The lowest BCUT2D eigenvalue weighted by atomic mass is 9.99. The number of fused-ring (bicyclic) bond motifs is 1. The van der Waals surface area contributed by atoms with Crippen molar-refractivity contribution in [1.82, 2.24) is 0 Å². The van der Waals surface area contributed by atoms with E-state index in [0.29, 0.717) is 29.8 Å². The topological polar surface area (TPSA) is 35.2 Å². The van der Waals surface area contributed by atoms with Crippen LogP contribution in [0.2, 0.25) is 0 Å². The summed E-state index contributed by atoms with van der Waals surface area (Å²) in [4.78, 5) is 0. The van der Waals surface area contributed by atoms with E-state index in [1.165, 1.54) is 18.2 Å². The summed E-state index contributed by atoms with van der Waals surface area (Å²) in [5.41, 5.74) is 8.35. The van der Waals surface area contributed by atoms with Gasteiger partial charge in [0.25, 0.3) is 0 Å². The predicted molar refractivity (Wildman–Crippen MR) is 73.7 cm³/mol. The number of rotatable bonds is 2.